The van der Waals surface area contributed by atoms with Gasteiger partial charge in [-0.1, -0.05) is 66.2 Å². The molecule has 3 aromatic rings. The Morgan fingerprint density at radius 2 is 1.74 bits per heavy atom. The number of carbonyl (C=O) groups is 3. The summed E-state index contributed by atoms with van der Waals surface area (Å²) in [5, 5.41) is 11.2. The summed E-state index contributed by atoms with van der Waals surface area (Å²) in [6, 6.07) is 20.8. The second-order valence-electron chi connectivity index (χ2n) is 13.1. The van der Waals surface area contributed by atoms with Crippen LogP contribution in [0.25, 0.3) is 0 Å². The third-order valence-electron chi connectivity index (χ3n) is 10.2. The fraction of sp³-hybridized carbons (Fsp3) is 0.375. The highest BCUT2D eigenvalue weighted by Crippen LogP contribution is 2.67. The van der Waals surface area contributed by atoms with Crippen LogP contribution in [-0.2, 0) is 20.8 Å². The van der Waals surface area contributed by atoms with Crippen LogP contribution in [0, 0.1) is 18.8 Å². The standard InChI is InChI=1S/C40H44ClN3O5S/c1-5-22-42(28-16-18-30(19-17-28)49-7-3)37(46)33-32-20-21-40(50-32)34(33)38(47)44(29(25-45)24-27-13-9-8-10-14-27)36(40)39(48)43(23-6-2)35-26(4)12-11-15-31(35)41/h5-6,8-19,29,32-34,36,45H,1-2,7,20-25H2,3-4H3/t29-,32+,33-,34+,36?,40?/m1/s1. The lowest BCUT2D eigenvalue weighted by Gasteiger charge is -2.40. The third-order valence-corrected chi connectivity index (χ3v) is 12.5. The molecule has 0 aromatic heterocycles. The molecule has 6 atom stereocenters. The van der Waals surface area contributed by atoms with Crippen molar-refractivity contribution in [2.75, 3.05) is 36.1 Å². The quantitative estimate of drug-likeness (QED) is 0.193. The number of rotatable bonds is 14. The maximum atomic E-state index is 15.2. The second kappa shape index (κ2) is 15.1. The molecule has 2 bridgehead atoms. The molecule has 3 aliphatic rings. The number of benzene rings is 3. The number of anilines is 2. The molecule has 0 saturated carbocycles. The van der Waals surface area contributed by atoms with Crippen molar-refractivity contribution in [1.82, 2.24) is 4.90 Å². The Labute approximate surface area is 303 Å². The summed E-state index contributed by atoms with van der Waals surface area (Å²) in [5.74, 6) is -1.46. The molecule has 3 fully saturated rings. The van der Waals surface area contributed by atoms with E-state index in [-0.39, 0.29) is 42.7 Å². The van der Waals surface area contributed by atoms with Crippen LogP contribution in [0.5, 0.6) is 5.75 Å². The molecule has 3 saturated heterocycles. The summed E-state index contributed by atoms with van der Waals surface area (Å²) < 4.78 is 4.75. The Hall–Kier alpha value is -4.05. The molecule has 6 rings (SSSR count). The summed E-state index contributed by atoms with van der Waals surface area (Å²) in [5.41, 5.74) is 2.99. The van der Waals surface area contributed by atoms with Crippen molar-refractivity contribution in [3.8, 4) is 5.75 Å². The molecule has 0 radical (unpaired) electrons. The number of thioether (sulfide) groups is 1. The van der Waals surface area contributed by atoms with Crippen LogP contribution < -0.4 is 14.5 Å². The predicted octanol–water partition coefficient (Wildman–Crippen LogP) is 6.48. The molecule has 50 heavy (non-hydrogen) atoms. The van der Waals surface area contributed by atoms with Gasteiger partial charge in [-0.3, -0.25) is 14.4 Å². The highest BCUT2D eigenvalue weighted by molar-refractivity contribution is 8.02. The molecule has 1 spiro atoms. The Morgan fingerprint density at radius 3 is 2.38 bits per heavy atom. The van der Waals surface area contributed by atoms with Gasteiger partial charge in [-0.25, -0.2) is 0 Å². The van der Waals surface area contributed by atoms with Gasteiger partial charge in [0.05, 0.1) is 46.5 Å². The number of hydrogen-bond acceptors (Lipinski definition) is 6. The number of hydrogen-bond donors (Lipinski definition) is 1. The number of halogens is 1. The highest BCUT2D eigenvalue weighted by Gasteiger charge is 2.74. The summed E-state index contributed by atoms with van der Waals surface area (Å²) >= 11 is 8.35. The molecule has 3 aromatic carbocycles. The second-order valence-corrected chi connectivity index (χ2v) is 15.1. The van der Waals surface area contributed by atoms with Gasteiger partial charge in [0.1, 0.15) is 11.8 Å². The van der Waals surface area contributed by atoms with Gasteiger partial charge in [-0.05, 0) is 74.6 Å². The minimum atomic E-state index is -0.942. The van der Waals surface area contributed by atoms with E-state index >= 15 is 9.59 Å². The van der Waals surface area contributed by atoms with Crippen LogP contribution in [0.1, 0.15) is 30.9 Å². The molecule has 2 unspecified atom stereocenters. The average molecular weight is 714 g/mol. The summed E-state index contributed by atoms with van der Waals surface area (Å²) in [4.78, 5) is 50.0. The molecule has 3 heterocycles. The van der Waals surface area contributed by atoms with Gasteiger partial charge in [0, 0.05) is 24.0 Å². The third kappa shape index (κ3) is 6.24. The number of para-hydroxylation sites is 1. The number of aliphatic hydroxyl groups excluding tert-OH is 1. The minimum Gasteiger partial charge on any atom is -0.494 e. The molecule has 0 aliphatic carbocycles. The summed E-state index contributed by atoms with van der Waals surface area (Å²) in [7, 11) is 0. The molecular weight excluding hydrogens is 670 g/mol. The van der Waals surface area contributed by atoms with E-state index < -0.39 is 28.7 Å². The Balaban J connectivity index is 1.45. The first kappa shape index (κ1) is 35.8. The Kier molecular flexibility index (Phi) is 10.8. The lowest BCUT2D eigenvalue weighted by atomic mass is 9.70. The number of amides is 3. The monoisotopic (exact) mass is 713 g/mol. The lowest BCUT2D eigenvalue weighted by molar-refractivity contribution is -0.141. The zero-order valence-corrected chi connectivity index (χ0v) is 30.1. The molecule has 262 valence electrons. The first-order chi connectivity index (χ1) is 24.2. The van der Waals surface area contributed by atoms with Gasteiger partial charge in [0.2, 0.25) is 11.8 Å². The average Bonchev–Trinajstić information content (AvgIpc) is 3.77. The van der Waals surface area contributed by atoms with E-state index in [2.05, 4.69) is 13.2 Å². The van der Waals surface area contributed by atoms with E-state index in [9.17, 15) is 9.90 Å². The van der Waals surface area contributed by atoms with Crippen LogP contribution in [0.3, 0.4) is 0 Å². The SMILES string of the molecule is C=CCN(C(=O)[C@@H]1[C@@H]2CCC3(S2)C(C(=O)N(CC=C)c2c(C)cccc2Cl)N([C@@H](CO)Cc2ccccc2)C(=O)[C@H]13)c1ccc(OCC)cc1. The fourth-order valence-corrected chi connectivity index (χ4v) is 10.8. The molecule has 3 amide bonds. The van der Waals surface area contributed by atoms with Crippen LogP contribution in [0.4, 0.5) is 11.4 Å². The summed E-state index contributed by atoms with van der Waals surface area (Å²) in [6.45, 7) is 12.3. The largest absolute Gasteiger partial charge is 0.494 e. The highest BCUT2D eigenvalue weighted by atomic mass is 35.5. The van der Waals surface area contributed by atoms with Crippen molar-refractivity contribution in [1.29, 1.82) is 0 Å². The van der Waals surface area contributed by atoms with Crippen LogP contribution in [0.2, 0.25) is 5.02 Å². The van der Waals surface area contributed by atoms with Gasteiger partial charge < -0.3 is 24.5 Å². The van der Waals surface area contributed by atoms with Crippen LogP contribution >= 0.6 is 23.4 Å². The van der Waals surface area contributed by atoms with Gasteiger partial charge in [0.15, 0.2) is 0 Å². The van der Waals surface area contributed by atoms with Gasteiger partial charge in [-0.2, -0.15) is 0 Å². The van der Waals surface area contributed by atoms with Crippen molar-refractivity contribution in [2.24, 2.45) is 11.8 Å². The first-order valence-electron chi connectivity index (χ1n) is 17.2. The van der Waals surface area contributed by atoms with E-state index in [1.165, 1.54) is 0 Å². The molecular formula is C40H44ClN3O5S. The van der Waals surface area contributed by atoms with Crippen molar-refractivity contribution in [3.63, 3.8) is 0 Å². The number of aryl methyl sites for hydroxylation is 1. The normalized spacial score (nSPS) is 24.1. The smallest absolute Gasteiger partial charge is 0.251 e. The lowest BCUT2D eigenvalue weighted by Crippen LogP contribution is -2.58. The Bertz CT molecular complexity index is 1730. The Morgan fingerprint density at radius 1 is 1.04 bits per heavy atom. The molecule has 10 heteroatoms. The van der Waals surface area contributed by atoms with Crippen LogP contribution in [0.15, 0.2) is 98.1 Å². The molecule has 3 aliphatic heterocycles. The topological polar surface area (TPSA) is 90.4 Å². The number of carbonyl (C=O) groups excluding carboxylic acids is 3. The number of ether oxygens (including phenoxy) is 1. The van der Waals surface area contributed by atoms with Gasteiger partial charge in [-0.15, -0.1) is 24.9 Å². The van der Waals surface area contributed by atoms with Gasteiger partial charge in [0.25, 0.3) is 5.91 Å². The van der Waals surface area contributed by atoms with E-state index in [1.54, 1.807) is 44.7 Å². The van der Waals surface area contributed by atoms with Gasteiger partial charge >= 0.3 is 0 Å². The maximum absolute atomic E-state index is 15.2. The summed E-state index contributed by atoms with van der Waals surface area (Å²) in [6.07, 6.45) is 4.96. The zero-order chi connectivity index (χ0) is 35.6. The predicted molar refractivity (Wildman–Crippen MR) is 201 cm³/mol. The fourth-order valence-electron chi connectivity index (χ4n) is 8.24. The van der Waals surface area contributed by atoms with Crippen molar-refractivity contribution in [3.05, 3.63) is 114 Å². The number of likely N-dealkylation sites (tertiary alicyclic amines) is 1. The van der Waals surface area contributed by atoms with Crippen molar-refractivity contribution in [2.45, 2.75) is 55.2 Å². The number of nitrogens with zero attached hydrogens (tertiary/aromatic N) is 3. The molecule has 8 nitrogen and oxygen atoms in total. The minimum absolute atomic E-state index is 0.152. The van der Waals surface area contributed by atoms with Crippen molar-refractivity contribution >= 4 is 52.5 Å². The van der Waals surface area contributed by atoms with E-state index in [0.717, 1.165) is 11.1 Å². The van der Waals surface area contributed by atoms with Crippen LogP contribution in [-0.4, -0.2) is 76.1 Å². The van der Waals surface area contributed by atoms with E-state index in [4.69, 9.17) is 16.3 Å². The maximum Gasteiger partial charge on any atom is 0.251 e. The number of aliphatic hydroxyl groups is 1. The van der Waals surface area contributed by atoms with Crippen molar-refractivity contribution < 1.29 is 24.2 Å². The molecule has 1 N–H and O–H groups in total. The van der Waals surface area contributed by atoms with E-state index in [1.807, 2.05) is 80.6 Å². The first-order valence-corrected chi connectivity index (χ1v) is 18.4. The van der Waals surface area contributed by atoms with E-state index in [0.29, 0.717) is 48.0 Å². The number of fused-ring (bicyclic) bond motifs is 1. The zero-order valence-electron chi connectivity index (χ0n) is 28.5.